The number of hydrogen-bond donors (Lipinski definition) is 2. The van der Waals surface area contributed by atoms with Gasteiger partial charge in [0.1, 0.15) is 0 Å². The second kappa shape index (κ2) is 6.48. The molecule has 0 fully saturated rings. The monoisotopic (exact) mass is 240 g/mol. The summed E-state index contributed by atoms with van der Waals surface area (Å²) in [6, 6.07) is 0.396. The lowest BCUT2D eigenvalue weighted by molar-refractivity contribution is 0.696. The Labute approximate surface area is 101 Å². The SMILES string of the molecule is CN=C(NCCc1csc(C)n1)NC(C)C. The minimum absolute atomic E-state index is 0.396. The second-order valence-electron chi connectivity index (χ2n) is 3.91. The number of hydrogen-bond acceptors (Lipinski definition) is 3. The zero-order chi connectivity index (χ0) is 12.0. The Morgan fingerprint density at radius 3 is 2.81 bits per heavy atom. The third kappa shape index (κ3) is 4.61. The number of aliphatic imine (C=N–C) groups is 1. The van der Waals surface area contributed by atoms with Gasteiger partial charge in [-0.1, -0.05) is 0 Å². The molecule has 0 saturated carbocycles. The van der Waals surface area contributed by atoms with Gasteiger partial charge in [-0.3, -0.25) is 4.99 Å². The van der Waals surface area contributed by atoms with E-state index < -0.39 is 0 Å². The Balaban J connectivity index is 2.29. The normalized spacial score (nSPS) is 11.9. The summed E-state index contributed by atoms with van der Waals surface area (Å²) in [4.78, 5) is 8.55. The van der Waals surface area contributed by atoms with Crippen LogP contribution in [0.1, 0.15) is 24.5 Å². The van der Waals surface area contributed by atoms with E-state index in [0.29, 0.717) is 6.04 Å². The molecule has 0 bridgehead atoms. The molecule has 5 heteroatoms. The van der Waals surface area contributed by atoms with Gasteiger partial charge in [0.15, 0.2) is 5.96 Å². The summed E-state index contributed by atoms with van der Waals surface area (Å²) in [6.45, 7) is 7.07. The Bertz CT molecular complexity index is 344. The van der Waals surface area contributed by atoms with E-state index in [9.17, 15) is 0 Å². The number of nitrogens with one attached hydrogen (secondary N) is 2. The standard InChI is InChI=1S/C11H20N4S/c1-8(2)14-11(12-4)13-6-5-10-7-16-9(3)15-10/h7-8H,5-6H2,1-4H3,(H2,12,13,14). The van der Waals surface area contributed by atoms with Crippen LogP contribution in [0.4, 0.5) is 0 Å². The summed E-state index contributed by atoms with van der Waals surface area (Å²) in [7, 11) is 1.78. The Morgan fingerprint density at radius 1 is 1.56 bits per heavy atom. The molecule has 0 aliphatic carbocycles. The van der Waals surface area contributed by atoms with Gasteiger partial charge in [0.2, 0.25) is 0 Å². The molecule has 0 atom stereocenters. The van der Waals surface area contributed by atoms with Crippen LogP contribution in [-0.4, -0.2) is 30.6 Å². The van der Waals surface area contributed by atoms with Crippen molar-refractivity contribution in [2.24, 2.45) is 4.99 Å². The highest BCUT2D eigenvalue weighted by molar-refractivity contribution is 7.09. The van der Waals surface area contributed by atoms with Gasteiger partial charge in [-0.05, 0) is 20.8 Å². The molecular formula is C11H20N4S. The highest BCUT2D eigenvalue weighted by Gasteiger charge is 2.01. The molecule has 0 radical (unpaired) electrons. The molecule has 1 rings (SSSR count). The van der Waals surface area contributed by atoms with Crippen molar-refractivity contribution in [1.29, 1.82) is 0 Å². The zero-order valence-corrected chi connectivity index (χ0v) is 11.2. The first-order valence-electron chi connectivity index (χ1n) is 5.50. The van der Waals surface area contributed by atoms with Gasteiger partial charge in [-0.2, -0.15) is 0 Å². The highest BCUT2D eigenvalue weighted by Crippen LogP contribution is 2.07. The first kappa shape index (κ1) is 13.0. The van der Waals surface area contributed by atoms with Crippen molar-refractivity contribution >= 4 is 17.3 Å². The van der Waals surface area contributed by atoms with E-state index >= 15 is 0 Å². The van der Waals surface area contributed by atoms with Gasteiger partial charge in [0, 0.05) is 31.4 Å². The molecule has 0 spiro atoms. The van der Waals surface area contributed by atoms with Crippen LogP contribution in [0.3, 0.4) is 0 Å². The van der Waals surface area contributed by atoms with Gasteiger partial charge >= 0.3 is 0 Å². The molecule has 2 N–H and O–H groups in total. The summed E-state index contributed by atoms with van der Waals surface area (Å²) in [5.74, 6) is 0.849. The van der Waals surface area contributed by atoms with Crippen molar-refractivity contribution in [3.05, 3.63) is 16.1 Å². The minimum Gasteiger partial charge on any atom is -0.356 e. The maximum Gasteiger partial charge on any atom is 0.191 e. The first-order valence-corrected chi connectivity index (χ1v) is 6.38. The van der Waals surface area contributed by atoms with Crippen LogP contribution < -0.4 is 10.6 Å². The smallest absolute Gasteiger partial charge is 0.191 e. The van der Waals surface area contributed by atoms with E-state index in [1.54, 1.807) is 18.4 Å². The number of aryl methyl sites for hydroxylation is 1. The van der Waals surface area contributed by atoms with Gasteiger partial charge in [-0.15, -0.1) is 11.3 Å². The van der Waals surface area contributed by atoms with Crippen LogP contribution in [0.25, 0.3) is 0 Å². The third-order valence-electron chi connectivity index (χ3n) is 1.99. The maximum absolute atomic E-state index is 4.41. The number of aromatic nitrogens is 1. The summed E-state index contributed by atoms with van der Waals surface area (Å²) >= 11 is 1.69. The van der Waals surface area contributed by atoms with Gasteiger partial charge < -0.3 is 10.6 Å². The Kier molecular flexibility index (Phi) is 5.25. The molecule has 1 heterocycles. The van der Waals surface area contributed by atoms with Crippen LogP contribution in [0.15, 0.2) is 10.4 Å². The lowest BCUT2D eigenvalue weighted by Crippen LogP contribution is -2.41. The number of rotatable bonds is 4. The molecule has 0 aliphatic heterocycles. The average Bonchev–Trinajstić information content (AvgIpc) is 2.62. The van der Waals surface area contributed by atoms with Crippen molar-refractivity contribution in [3.63, 3.8) is 0 Å². The Hall–Kier alpha value is -1.10. The van der Waals surface area contributed by atoms with Crippen LogP contribution in [-0.2, 0) is 6.42 Å². The van der Waals surface area contributed by atoms with E-state index in [4.69, 9.17) is 0 Å². The molecule has 0 unspecified atom stereocenters. The summed E-state index contributed by atoms with van der Waals surface area (Å²) < 4.78 is 0. The number of thiazole rings is 1. The molecule has 90 valence electrons. The molecule has 1 aromatic rings. The predicted molar refractivity (Wildman–Crippen MR) is 70.2 cm³/mol. The molecule has 0 saturated heterocycles. The van der Waals surface area contributed by atoms with Gasteiger partial charge in [-0.25, -0.2) is 4.98 Å². The Morgan fingerprint density at radius 2 is 2.31 bits per heavy atom. The molecule has 1 aromatic heterocycles. The van der Waals surface area contributed by atoms with Crippen molar-refractivity contribution in [1.82, 2.24) is 15.6 Å². The van der Waals surface area contributed by atoms with E-state index in [1.807, 2.05) is 6.92 Å². The summed E-state index contributed by atoms with van der Waals surface area (Å²) in [5, 5.41) is 9.74. The molecular weight excluding hydrogens is 220 g/mol. The fourth-order valence-electron chi connectivity index (χ4n) is 1.30. The maximum atomic E-state index is 4.41. The van der Waals surface area contributed by atoms with E-state index in [0.717, 1.165) is 29.6 Å². The molecule has 0 aromatic carbocycles. The number of guanidine groups is 1. The fourth-order valence-corrected chi connectivity index (χ4v) is 1.95. The third-order valence-corrected chi connectivity index (χ3v) is 2.81. The van der Waals surface area contributed by atoms with Crippen LogP contribution in [0.5, 0.6) is 0 Å². The lowest BCUT2D eigenvalue weighted by atomic mass is 10.3. The quantitative estimate of drug-likeness (QED) is 0.620. The number of nitrogens with zero attached hydrogens (tertiary/aromatic N) is 2. The van der Waals surface area contributed by atoms with Crippen molar-refractivity contribution < 1.29 is 0 Å². The van der Waals surface area contributed by atoms with Crippen LogP contribution >= 0.6 is 11.3 Å². The largest absolute Gasteiger partial charge is 0.356 e. The molecule has 16 heavy (non-hydrogen) atoms. The first-order chi connectivity index (χ1) is 7.61. The highest BCUT2D eigenvalue weighted by atomic mass is 32.1. The van der Waals surface area contributed by atoms with E-state index in [-0.39, 0.29) is 0 Å². The predicted octanol–water partition coefficient (Wildman–Crippen LogP) is 1.57. The topological polar surface area (TPSA) is 49.3 Å². The van der Waals surface area contributed by atoms with E-state index in [2.05, 4.69) is 39.8 Å². The zero-order valence-electron chi connectivity index (χ0n) is 10.4. The van der Waals surface area contributed by atoms with Crippen molar-refractivity contribution in [2.75, 3.05) is 13.6 Å². The second-order valence-corrected chi connectivity index (χ2v) is 4.97. The summed E-state index contributed by atoms with van der Waals surface area (Å²) in [6.07, 6.45) is 0.934. The average molecular weight is 240 g/mol. The van der Waals surface area contributed by atoms with Gasteiger partial charge in [0.05, 0.1) is 10.7 Å². The fraction of sp³-hybridized carbons (Fsp3) is 0.636. The van der Waals surface area contributed by atoms with Crippen molar-refractivity contribution in [3.8, 4) is 0 Å². The summed E-state index contributed by atoms with van der Waals surface area (Å²) in [5.41, 5.74) is 1.15. The lowest BCUT2D eigenvalue weighted by Gasteiger charge is -2.13. The van der Waals surface area contributed by atoms with Crippen molar-refractivity contribution in [2.45, 2.75) is 33.2 Å². The van der Waals surface area contributed by atoms with Crippen LogP contribution in [0, 0.1) is 6.92 Å². The van der Waals surface area contributed by atoms with E-state index in [1.165, 1.54) is 0 Å². The molecule has 4 nitrogen and oxygen atoms in total. The van der Waals surface area contributed by atoms with Gasteiger partial charge in [0.25, 0.3) is 0 Å². The van der Waals surface area contributed by atoms with Crippen LogP contribution in [0.2, 0.25) is 0 Å². The molecule has 0 aliphatic rings. The molecule has 0 amide bonds. The minimum atomic E-state index is 0.396.